The molecule has 0 N–H and O–H groups in total. The van der Waals surface area contributed by atoms with Gasteiger partial charge in [0.1, 0.15) is 0 Å². The summed E-state index contributed by atoms with van der Waals surface area (Å²) in [5, 5.41) is 9.64. The Bertz CT molecular complexity index is 397. The Morgan fingerprint density at radius 1 is 1.36 bits per heavy atom. The third-order valence-corrected chi connectivity index (χ3v) is 1.89. The second-order valence-corrected chi connectivity index (χ2v) is 2.90. The molecule has 0 aliphatic heterocycles. The Labute approximate surface area is 85.0 Å². The lowest BCUT2D eigenvalue weighted by Gasteiger charge is -1.98. The number of nitro groups is 1. The standard InChI is InChI=1S/C9H6ClNO3/c1-6(9(10)12)7-2-4-8(5-3-7)11(13)14/h2-5H,1H2. The molecule has 14 heavy (non-hydrogen) atoms. The first-order chi connectivity index (χ1) is 6.52. The molecule has 4 nitrogen and oxygen atoms in total. The minimum absolute atomic E-state index is 0.0384. The van der Waals surface area contributed by atoms with Crippen molar-refractivity contribution in [3.63, 3.8) is 0 Å². The quantitative estimate of drug-likeness (QED) is 0.334. The molecule has 0 aliphatic carbocycles. The summed E-state index contributed by atoms with van der Waals surface area (Å²) < 4.78 is 0. The van der Waals surface area contributed by atoms with Crippen LogP contribution >= 0.6 is 11.6 Å². The number of hydrogen-bond donors (Lipinski definition) is 0. The molecule has 1 rings (SSSR count). The lowest BCUT2D eigenvalue weighted by Crippen LogP contribution is -1.92. The summed E-state index contributed by atoms with van der Waals surface area (Å²) >= 11 is 5.19. The van der Waals surface area contributed by atoms with Gasteiger partial charge in [0, 0.05) is 17.7 Å². The lowest BCUT2D eigenvalue weighted by molar-refractivity contribution is -0.384. The summed E-state index contributed by atoms with van der Waals surface area (Å²) in [6.45, 7) is 3.45. The average Bonchev–Trinajstić information content (AvgIpc) is 2.16. The van der Waals surface area contributed by atoms with Gasteiger partial charge in [-0.3, -0.25) is 14.9 Å². The van der Waals surface area contributed by atoms with E-state index >= 15 is 0 Å². The molecular formula is C9H6ClNO3. The van der Waals surface area contributed by atoms with Crippen LogP contribution in [0.4, 0.5) is 5.69 Å². The van der Waals surface area contributed by atoms with Crippen LogP contribution in [0.1, 0.15) is 5.56 Å². The first-order valence-electron chi connectivity index (χ1n) is 3.66. The predicted molar refractivity (Wildman–Crippen MR) is 53.0 cm³/mol. The summed E-state index contributed by atoms with van der Waals surface area (Å²) in [4.78, 5) is 20.5. The molecule has 0 saturated carbocycles. The van der Waals surface area contributed by atoms with Gasteiger partial charge < -0.3 is 0 Å². The predicted octanol–water partition coefficient (Wildman–Crippen LogP) is 2.37. The van der Waals surface area contributed by atoms with E-state index in [1.165, 1.54) is 24.3 Å². The number of nitrogens with zero attached hydrogens (tertiary/aromatic N) is 1. The Balaban J connectivity index is 3.00. The van der Waals surface area contributed by atoms with Crippen molar-refractivity contribution in [2.24, 2.45) is 0 Å². The van der Waals surface area contributed by atoms with Crippen LogP contribution in [0.3, 0.4) is 0 Å². The van der Waals surface area contributed by atoms with Gasteiger partial charge in [0.2, 0.25) is 0 Å². The molecule has 0 saturated heterocycles. The van der Waals surface area contributed by atoms with E-state index in [0.29, 0.717) is 5.56 Å². The van der Waals surface area contributed by atoms with Gasteiger partial charge in [0.25, 0.3) is 10.9 Å². The minimum atomic E-state index is -0.668. The fourth-order valence-electron chi connectivity index (χ4n) is 0.898. The third-order valence-electron chi connectivity index (χ3n) is 1.66. The summed E-state index contributed by atoms with van der Waals surface area (Å²) in [6.07, 6.45) is 0. The summed E-state index contributed by atoms with van der Waals surface area (Å²) in [5.41, 5.74) is 0.570. The summed E-state index contributed by atoms with van der Waals surface area (Å²) in [5.74, 6) is 0. The van der Waals surface area contributed by atoms with Crippen molar-refractivity contribution >= 4 is 28.1 Å². The molecular weight excluding hydrogens is 206 g/mol. The number of non-ortho nitro benzene ring substituents is 1. The van der Waals surface area contributed by atoms with Gasteiger partial charge in [-0.1, -0.05) is 6.58 Å². The van der Waals surface area contributed by atoms with E-state index in [9.17, 15) is 14.9 Å². The number of rotatable bonds is 3. The van der Waals surface area contributed by atoms with Crippen LogP contribution in [0, 0.1) is 10.1 Å². The van der Waals surface area contributed by atoms with Crippen LogP contribution in [0.25, 0.3) is 5.57 Å². The van der Waals surface area contributed by atoms with Crippen LogP contribution in [0.15, 0.2) is 30.8 Å². The molecule has 0 unspecified atom stereocenters. The summed E-state index contributed by atoms with van der Waals surface area (Å²) in [7, 11) is 0. The molecule has 5 heteroatoms. The van der Waals surface area contributed by atoms with Crippen molar-refractivity contribution < 1.29 is 9.72 Å². The number of allylic oxidation sites excluding steroid dienone is 1. The number of halogens is 1. The first kappa shape index (κ1) is 10.4. The highest BCUT2D eigenvalue weighted by Crippen LogP contribution is 2.18. The molecule has 1 aromatic rings. The van der Waals surface area contributed by atoms with Crippen LogP contribution in [0.2, 0.25) is 0 Å². The topological polar surface area (TPSA) is 60.2 Å². The van der Waals surface area contributed by atoms with Gasteiger partial charge in [-0.25, -0.2) is 0 Å². The largest absolute Gasteiger partial charge is 0.276 e. The van der Waals surface area contributed by atoms with Gasteiger partial charge in [-0.15, -0.1) is 0 Å². The van der Waals surface area contributed by atoms with E-state index in [4.69, 9.17) is 11.6 Å². The molecule has 0 aliphatic rings. The third kappa shape index (κ3) is 2.17. The maximum Gasteiger partial charge on any atom is 0.269 e. The molecule has 0 atom stereocenters. The van der Waals surface area contributed by atoms with Crippen molar-refractivity contribution in [2.45, 2.75) is 0 Å². The van der Waals surface area contributed by atoms with E-state index < -0.39 is 10.2 Å². The zero-order valence-electron chi connectivity index (χ0n) is 7.07. The average molecular weight is 212 g/mol. The van der Waals surface area contributed by atoms with Gasteiger partial charge in [0.15, 0.2) is 0 Å². The Hall–Kier alpha value is -1.68. The zero-order valence-corrected chi connectivity index (χ0v) is 7.82. The molecule has 0 heterocycles. The van der Waals surface area contributed by atoms with Gasteiger partial charge in [0.05, 0.1) is 4.92 Å². The lowest BCUT2D eigenvalue weighted by atomic mass is 10.1. The Morgan fingerprint density at radius 2 is 1.86 bits per heavy atom. The highest BCUT2D eigenvalue weighted by molar-refractivity contribution is 6.74. The van der Waals surface area contributed by atoms with Gasteiger partial charge in [-0.2, -0.15) is 0 Å². The van der Waals surface area contributed by atoms with Crippen molar-refractivity contribution in [3.05, 3.63) is 46.5 Å². The molecule has 1 aromatic carbocycles. The van der Waals surface area contributed by atoms with E-state index in [1.54, 1.807) is 0 Å². The fourth-order valence-corrected chi connectivity index (χ4v) is 1.01. The molecule has 0 bridgehead atoms. The number of nitro benzene ring substituents is 1. The zero-order chi connectivity index (χ0) is 10.7. The molecule has 72 valence electrons. The highest BCUT2D eigenvalue weighted by atomic mass is 35.5. The van der Waals surface area contributed by atoms with E-state index in [-0.39, 0.29) is 11.3 Å². The Morgan fingerprint density at radius 3 is 2.21 bits per heavy atom. The Kier molecular flexibility index (Phi) is 2.99. The molecule has 0 spiro atoms. The number of carbonyl (C=O) groups excluding carboxylic acids is 1. The smallest absolute Gasteiger partial charge is 0.269 e. The van der Waals surface area contributed by atoms with Crippen LogP contribution in [-0.2, 0) is 4.79 Å². The van der Waals surface area contributed by atoms with Crippen LogP contribution < -0.4 is 0 Å². The number of hydrogen-bond acceptors (Lipinski definition) is 3. The van der Waals surface area contributed by atoms with Crippen molar-refractivity contribution in [1.29, 1.82) is 0 Å². The maximum absolute atomic E-state index is 10.7. The fraction of sp³-hybridized carbons (Fsp3) is 0. The minimum Gasteiger partial charge on any atom is -0.276 e. The summed E-state index contributed by atoms with van der Waals surface area (Å²) in [6, 6.07) is 5.45. The second kappa shape index (κ2) is 4.02. The van der Waals surface area contributed by atoms with E-state index in [0.717, 1.165) is 0 Å². The second-order valence-electron chi connectivity index (χ2n) is 2.56. The molecule has 0 fully saturated rings. The van der Waals surface area contributed by atoms with Crippen molar-refractivity contribution in [2.75, 3.05) is 0 Å². The highest BCUT2D eigenvalue weighted by Gasteiger charge is 2.08. The maximum atomic E-state index is 10.7. The molecule has 0 aromatic heterocycles. The molecule has 0 amide bonds. The first-order valence-corrected chi connectivity index (χ1v) is 4.03. The number of carbonyl (C=O) groups is 1. The van der Waals surface area contributed by atoms with E-state index in [2.05, 4.69) is 6.58 Å². The van der Waals surface area contributed by atoms with Crippen molar-refractivity contribution in [3.8, 4) is 0 Å². The SMILES string of the molecule is C=C(C(=O)Cl)c1ccc([N+](=O)[O-])cc1. The number of benzene rings is 1. The molecule has 0 radical (unpaired) electrons. The van der Waals surface area contributed by atoms with Gasteiger partial charge >= 0.3 is 0 Å². The monoisotopic (exact) mass is 211 g/mol. The van der Waals surface area contributed by atoms with Crippen LogP contribution in [-0.4, -0.2) is 10.2 Å². The van der Waals surface area contributed by atoms with Gasteiger partial charge in [-0.05, 0) is 29.3 Å². The normalized spacial score (nSPS) is 9.50. The van der Waals surface area contributed by atoms with Crippen LogP contribution in [0.5, 0.6) is 0 Å². The van der Waals surface area contributed by atoms with E-state index in [1.807, 2.05) is 0 Å². The van der Waals surface area contributed by atoms with Crippen molar-refractivity contribution in [1.82, 2.24) is 0 Å².